The van der Waals surface area contributed by atoms with Gasteiger partial charge in [0, 0.05) is 0 Å². The summed E-state index contributed by atoms with van der Waals surface area (Å²) in [6.45, 7) is 0. The second-order valence-corrected chi connectivity index (χ2v) is 5.73. The quantitative estimate of drug-likeness (QED) is 0.457. The van der Waals surface area contributed by atoms with Crippen LogP contribution in [0.3, 0.4) is 0 Å². The molecule has 0 nitrogen and oxygen atoms in total. The predicted octanol–water partition coefficient (Wildman–Crippen LogP) is 4.97. The Balaban J connectivity index is 1.88. The Morgan fingerprint density at radius 1 is 0.522 bits per heavy atom. The molecule has 4 aromatic carbocycles. The molecule has 0 spiro atoms. The summed E-state index contributed by atoms with van der Waals surface area (Å²) in [5, 5.41) is 2.54. The number of hydrogen-bond acceptors (Lipinski definition) is 0. The van der Waals surface area contributed by atoms with E-state index in [0.29, 0.717) is 0 Å². The summed E-state index contributed by atoms with van der Waals surface area (Å²) >= 11 is 0. The van der Waals surface area contributed by atoms with Crippen LogP contribution in [0.5, 0.6) is 0 Å². The number of rotatable bonds is 2. The normalized spacial score (nSPS) is 10.8. The van der Waals surface area contributed by atoms with E-state index < -0.39 is 0 Å². The van der Waals surface area contributed by atoms with Gasteiger partial charge in [-0.3, -0.25) is 0 Å². The van der Waals surface area contributed by atoms with E-state index in [1.54, 1.807) is 0 Å². The Bertz CT molecular complexity index is 980. The average Bonchev–Trinajstić information content (AvgIpc) is 2.61. The molecule has 0 aliphatic rings. The molecular weight excluding hydrogens is 275 g/mol. The Morgan fingerprint density at radius 2 is 1.17 bits per heavy atom. The highest BCUT2D eigenvalue weighted by molar-refractivity contribution is 6.32. The summed E-state index contributed by atoms with van der Waals surface area (Å²) in [6.07, 6.45) is 0. The van der Waals surface area contributed by atoms with Gasteiger partial charge in [0.1, 0.15) is 7.85 Å². The van der Waals surface area contributed by atoms with E-state index in [-0.39, 0.29) is 0 Å². The zero-order chi connectivity index (χ0) is 15.6. The lowest BCUT2D eigenvalue weighted by molar-refractivity contribution is 1.61. The van der Waals surface area contributed by atoms with Gasteiger partial charge in [-0.15, -0.1) is 0 Å². The number of fused-ring (bicyclic) bond motifs is 1. The summed E-state index contributed by atoms with van der Waals surface area (Å²) in [4.78, 5) is 0. The molecule has 0 aliphatic heterocycles. The smallest absolute Gasteiger partial charge is 0.0961 e. The van der Waals surface area contributed by atoms with E-state index in [1.165, 1.54) is 27.5 Å². The van der Waals surface area contributed by atoms with Gasteiger partial charge in [0.25, 0.3) is 0 Å². The van der Waals surface area contributed by atoms with Gasteiger partial charge in [-0.25, -0.2) is 0 Å². The largest absolute Gasteiger partial charge is 0.113 e. The molecule has 0 fully saturated rings. The van der Waals surface area contributed by atoms with Crippen LogP contribution in [0, 0.1) is 0 Å². The second-order valence-electron chi connectivity index (χ2n) is 5.73. The Labute approximate surface area is 137 Å². The van der Waals surface area contributed by atoms with Crippen LogP contribution >= 0.6 is 0 Å². The van der Waals surface area contributed by atoms with Gasteiger partial charge >= 0.3 is 0 Å². The Kier molecular flexibility index (Phi) is 3.47. The monoisotopic (exact) mass is 290 g/mol. The first-order valence-corrected chi connectivity index (χ1v) is 7.75. The molecule has 0 atom stereocenters. The minimum atomic E-state index is 0.790. The predicted molar refractivity (Wildman–Crippen MR) is 100 cm³/mol. The fourth-order valence-electron chi connectivity index (χ4n) is 3.06. The van der Waals surface area contributed by atoms with E-state index in [9.17, 15) is 0 Å². The van der Waals surface area contributed by atoms with E-state index in [4.69, 9.17) is 7.85 Å². The molecule has 4 aromatic rings. The van der Waals surface area contributed by atoms with E-state index in [1.807, 2.05) is 18.2 Å². The minimum Gasteiger partial charge on any atom is -0.0961 e. The lowest BCUT2D eigenvalue weighted by atomic mass is 9.91. The van der Waals surface area contributed by atoms with Crippen molar-refractivity contribution in [3.05, 3.63) is 91.0 Å². The van der Waals surface area contributed by atoms with Crippen LogP contribution in [0.25, 0.3) is 33.0 Å². The van der Waals surface area contributed by atoms with Crippen molar-refractivity contribution in [3.63, 3.8) is 0 Å². The highest BCUT2D eigenvalue weighted by Crippen LogP contribution is 2.31. The van der Waals surface area contributed by atoms with E-state index in [0.717, 1.165) is 11.0 Å². The molecule has 0 amide bonds. The van der Waals surface area contributed by atoms with Gasteiger partial charge in [-0.2, -0.15) is 0 Å². The summed E-state index contributed by atoms with van der Waals surface area (Å²) in [5.41, 5.74) is 5.60. The van der Waals surface area contributed by atoms with Crippen LogP contribution in [-0.4, -0.2) is 7.85 Å². The van der Waals surface area contributed by atoms with Gasteiger partial charge < -0.3 is 0 Å². The first-order valence-electron chi connectivity index (χ1n) is 7.75. The highest BCUT2D eigenvalue weighted by atomic mass is 14.1. The Hall–Kier alpha value is -2.80. The maximum atomic E-state index is 5.92. The standard InChI is InChI=1S/C22H15B/c23-20-11-4-9-18(15-20)17-8-3-10-19(14-17)22-13-5-7-16-6-1-2-12-21(16)22/h1-15H. The Morgan fingerprint density at radius 3 is 2.04 bits per heavy atom. The van der Waals surface area contributed by atoms with Gasteiger partial charge in [0.2, 0.25) is 0 Å². The summed E-state index contributed by atoms with van der Waals surface area (Å²) in [6, 6.07) is 31.6. The SMILES string of the molecule is [B]c1cccc(-c2cccc(-c3cccc4ccccc34)c2)c1. The molecule has 0 N–H and O–H groups in total. The van der Waals surface area contributed by atoms with Gasteiger partial charge in [0.05, 0.1) is 0 Å². The number of hydrogen-bond donors (Lipinski definition) is 0. The average molecular weight is 290 g/mol. The maximum absolute atomic E-state index is 5.92. The van der Waals surface area contributed by atoms with Crippen LogP contribution < -0.4 is 5.46 Å². The second kappa shape index (κ2) is 5.77. The fraction of sp³-hybridized carbons (Fsp3) is 0. The van der Waals surface area contributed by atoms with Gasteiger partial charge in [-0.05, 0) is 39.1 Å². The zero-order valence-electron chi connectivity index (χ0n) is 12.7. The molecule has 0 saturated heterocycles. The molecule has 0 heterocycles. The summed E-state index contributed by atoms with van der Waals surface area (Å²) in [7, 11) is 5.92. The first kappa shape index (κ1) is 13.8. The lowest BCUT2D eigenvalue weighted by Gasteiger charge is -2.09. The first-order chi connectivity index (χ1) is 11.3. The van der Waals surface area contributed by atoms with Crippen molar-refractivity contribution in [1.29, 1.82) is 0 Å². The molecule has 0 unspecified atom stereocenters. The van der Waals surface area contributed by atoms with Crippen molar-refractivity contribution < 1.29 is 0 Å². The van der Waals surface area contributed by atoms with Crippen LogP contribution in [0.4, 0.5) is 0 Å². The third-order valence-electron chi connectivity index (χ3n) is 4.18. The van der Waals surface area contributed by atoms with Gasteiger partial charge in [0.15, 0.2) is 0 Å². The van der Waals surface area contributed by atoms with E-state index >= 15 is 0 Å². The molecule has 0 aliphatic carbocycles. The zero-order valence-corrected chi connectivity index (χ0v) is 12.7. The van der Waals surface area contributed by atoms with Crippen LogP contribution in [0.2, 0.25) is 0 Å². The van der Waals surface area contributed by atoms with Crippen molar-refractivity contribution in [3.8, 4) is 22.3 Å². The topological polar surface area (TPSA) is 0 Å². The molecule has 1 heteroatoms. The van der Waals surface area contributed by atoms with Crippen LogP contribution in [0.15, 0.2) is 91.0 Å². The highest BCUT2D eigenvalue weighted by Gasteiger charge is 2.05. The maximum Gasteiger partial charge on any atom is 0.113 e. The number of benzene rings is 4. The van der Waals surface area contributed by atoms with Crippen molar-refractivity contribution in [2.24, 2.45) is 0 Å². The molecule has 2 radical (unpaired) electrons. The molecule has 106 valence electrons. The fourth-order valence-corrected chi connectivity index (χ4v) is 3.06. The van der Waals surface area contributed by atoms with Crippen molar-refractivity contribution in [2.45, 2.75) is 0 Å². The van der Waals surface area contributed by atoms with Crippen LogP contribution in [-0.2, 0) is 0 Å². The van der Waals surface area contributed by atoms with Gasteiger partial charge in [-0.1, -0.05) is 90.4 Å². The van der Waals surface area contributed by atoms with Crippen molar-refractivity contribution in [2.75, 3.05) is 0 Å². The molecule has 0 saturated carbocycles. The third kappa shape index (κ3) is 2.66. The van der Waals surface area contributed by atoms with E-state index in [2.05, 4.69) is 72.8 Å². The lowest BCUT2D eigenvalue weighted by Crippen LogP contribution is -2.00. The molecule has 23 heavy (non-hydrogen) atoms. The summed E-state index contributed by atoms with van der Waals surface area (Å²) < 4.78 is 0. The van der Waals surface area contributed by atoms with Crippen molar-refractivity contribution >= 4 is 24.1 Å². The minimum absolute atomic E-state index is 0.790. The third-order valence-corrected chi connectivity index (χ3v) is 4.18. The molecule has 0 aromatic heterocycles. The van der Waals surface area contributed by atoms with Crippen molar-refractivity contribution in [1.82, 2.24) is 0 Å². The van der Waals surface area contributed by atoms with Crippen LogP contribution in [0.1, 0.15) is 0 Å². The molecule has 4 rings (SSSR count). The summed E-state index contributed by atoms with van der Waals surface area (Å²) in [5.74, 6) is 0. The molecule has 0 bridgehead atoms. The molecular formula is C22H15B.